The molecule has 2 rings (SSSR count). The highest BCUT2D eigenvalue weighted by molar-refractivity contribution is 5.82. The molecule has 0 spiro atoms. The van der Waals surface area contributed by atoms with Crippen LogP contribution < -0.4 is 5.73 Å². The number of benzene rings is 1. The van der Waals surface area contributed by atoms with Crippen LogP contribution in [0.5, 0.6) is 0 Å². The molecule has 110 valence electrons. The summed E-state index contributed by atoms with van der Waals surface area (Å²) in [5.41, 5.74) is 6.67. The molecular weight excluding hydrogens is 254 g/mol. The Labute approximate surface area is 119 Å². The molecule has 3 N–H and O–H groups in total. The van der Waals surface area contributed by atoms with E-state index in [1.54, 1.807) is 0 Å². The molecular formula is C16H23NO3. The first-order chi connectivity index (χ1) is 9.48. The van der Waals surface area contributed by atoms with Crippen LogP contribution in [0.1, 0.15) is 37.3 Å². The number of ether oxygens (including phenoxy) is 1. The van der Waals surface area contributed by atoms with Gasteiger partial charge in [0.05, 0.1) is 12.2 Å². The molecule has 4 nitrogen and oxygen atoms in total. The van der Waals surface area contributed by atoms with Crippen LogP contribution in [0.15, 0.2) is 24.3 Å². The van der Waals surface area contributed by atoms with E-state index >= 15 is 0 Å². The molecule has 20 heavy (non-hydrogen) atoms. The van der Waals surface area contributed by atoms with E-state index in [0.29, 0.717) is 6.42 Å². The number of carbonyl (C=O) groups is 1. The average molecular weight is 277 g/mol. The summed E-state index contributed by atoms with van der Waals surface area (Å²) < 4.78 is 5.80. The van der Waals surface area contributed by atoms with Crippen LogP contribution in [0.25, 0.3) is 0 Å². The topological polar surface area (TPSA) is 72.5 Å². The van der Waals surface area contributed by atoms with Gasteiger partial charge in [0.15, 0.2) is 0 Å². The molecule has 1 aromatic carbocycles. The molecule has 0 aliphatic carbocycles. The first-order valence-electron chi connectivity index (χ1n) is 7.14. The Morgan fingerprint density at radius 1 is 1.40 bits per heavy atom. The first kappa shape index (κ1) is 15.0. The normalized spacial score (nSPS) is 25.4. The van der Waals surface area contributed by atoms with Crippen LogP contribution in [0.2, 0.25) is 0 Å². The Hall–Kier alpha value is -1.39. The number of aliphatic carboxylic acids is 1. The second-order valence-corrected chi connectivity index (χ2v) is 5.81. The first-order valence-corrected chi connectivity index (χ1v) is 7.14. The van der Waals surface area contributed by atoms with Gasteiger partial charge in [-0.15, -0.1) is 0 Å². The molecule has 3 atom stereocenters. The van der Waals surface area contributed by atoms with E-state index in [9.17, 15) is 9.90 Å². The summed E-state index contributed by atoms with van der Waals surface area (Å²) in [4.78, 5) is 11.9. The van der Waals surface area contributed by atoms with Crippen molar-refractivity contribution in [3.63, 3.8) is 0 Å². The van der Waals surface area contributed by atoms with E-state index < -0.39 is 11.4 Å². The molecule has 0 bridgehead atoms. The highest BCUT2D eigenvalue weighted by Crippen LogP contribution is 2.34. The second kappa shape index (κ2) is 5.94. The van der Waals surface area contributed by atoms with Gasteiger partial charge in [-0.05, 0) is 38.7 Å². The number of aryl methyl sites for hydroxylation is 1. The number of hydrogen-bond acceptors (Lipinski definition) is 3. The van der Waals surface area contributed by atoms with Gasteiger partial charge in [0.1, 0.15) is 5.41 Å². The molecule has 1 heterocycles. The van der Waals surface area contributed by atoms with Crippen molar-refractivity contribution < 1.29 is 14.6 Å². The van der Waals surface area contributed by atoms with E-state index in [1.165, 1.54) is 0 Å². The minimum atomic E-state index is -1.05. The van der Waals surface area contributed by atoms with Gasteiger partial charge < -0.3 is 15.6 Å². The lowest BCUT2D eigenvalue weighted by atomic mass is 9.75. The zero-order chi connectivity index (χ0) is 14.8. The van der Waals surface area contributed by atoms with Crippen molar-refractivity contribution >= 4 is 5.97 Å². The van der Waals surface area contributed by atoms with Crippen LogP contribution in [0.3, 0.4) is 0 Å². The zero-order valence-electron chi connectivity index (χ0n) is 12.1. The van der Waals surface area contributed by atoms with E-state index in [-0.39, 0.29) is 18.8 Å². The highest BCUT2D eigenvalue weighted by Gasteiger charge is 2.42. The van der Waals surface area contributed by atoms with Crippen LogP contribution in [0, 0.1) is 6.92 Å². The lowest BCUT2D eigenvalue weighted by Gasteiger charge is -2.31. The molecule has 0 aromatic heterocycles. The minimum Gasteiger partial charge on any atom is -0.481 e. The summed E-state index contributed by atoms with van der Waals surface area (Å²) in [6.07, 6.45) is 2.51. The van der Waals surface area contributed by atoms with Crippen molar-refractivity contribution in [3.8, 4) is 0 Å². The summed E-state index contributed by atoms with van der Waals surface area (Å²) >= 11 is 0. The van der Waals surface area contributed by atoms with Crippen LogP contribution >= 0.6 is 0 Å². The van der Waals surface area contributed by atoms with E-state index in [2.05, 4.69) is 0 Å². The third-order valence-electron chi connectivity index (χ3n) is 4.26. The summed E-state index contributed by atoms with van der Waals surface area (Å²) in [6.45, 7) is 4.09. The second-order valence-electron chi connectivity index (χ2n) is 5.81. The number of carboxylic acid groups (broad SMARTS) is 1. The Kier molecular flexibility index (Phi) is 4.45. The maximum Gasteiger partial charge on any atom is 0.315 e. The number of nitrogens with two attached hydrogens (primary N) is 1. The van der Waals surface area contributed by atoms with Crippen molar-refractivity contribution in [2.24, 2.45) is 5.73 Å². The molecule has 0 amide bonds. The fourth-order valence-corrected chi connectivity index (χ4v) is 2.91. The lowest BCUT2D eigenvalue weighted by molar-refractivity contribution is -0.145. The Bertz CT molecular complexity index is 471. The molecule has 3 unspecified atom stereocenters. The number of hydrogen-bond donors (Lipinski definition) is 2. The largest absolute Gasteiger partial charge is 0.481 e. The third-order valence-corrected chi connectivity index (χ3v) is 4.26. The predicted molar refractivity (Wildman–Crippen MR) is 77.7 cm³/mol. The lowest BCUT2D eigenvalue weighted by Crippen LogP contribution is -2.45. The summed E-state index contributed by atoms with van der Waals surface area (Å²) in [5.74, 6) is -0.869. The monoisotopic (exact) mass is 277 g/mol. The molecule has 1 aromatic rings. The van der Waals surface area contributed by atoms with Crippen molar-refractivity contribution in [2.45, 2.75) is 50.7 Å². The molecule has 1 fully saturated rings. The van der Waals surface area contributed by atoms with Crippen LogP contribution in [-0.4, -0.2) is 29.8 Å². The molecule has 4 heteroatoms. The smallest absolute Gasteiger partial charge is 0.315 e. The van der Waals surface area contributed by atoms with Gasteiger partial charge >= 0.3 is 5.97 Å². The number of carboxylic acids is 1. The van der Waals surface area contributed by atoms with Crippen molar-refractivity contribution in [1.82, 2.24) is 0 Å². The quantitative estimate of drug-likeness (QED) is 0.865. The van der Waals surface area contributed by atoms with Gasteiger partial charge in [-0.3, -0.25) is 4.79 Å². The fraction of sp³-hybridized carbons (Fsp3) is 0.562. The maximum atomic E-state index is 11.9. The minimum absolute atomic E-state index is 0.0223. The maximum absolute atomic E-state index is 11.9. The Morgan fingerprint density at radius 2 is 2.05 bits per heavy atom. The van der Waals surface area contributed by atoms with E-state index in [1.807, 2.05) is 38.1 Å². The van der Waals surface area contributed by atoms with Gasteiger partial charge in [-0.2, -0.15) is 0 Å². The molecule has 1 aliphatic heterocycles. The van der Waals surface area contributed by atoms with Crippen molar-refractivity contribution in [1.29, 1.82) is 0 Å². The third kappa shape index (κ3) is 2.86. The summed E-state index contributed by atoms with van der Waals surface area (Å²) in [5, 5.41) is 9.74. The average Bonchev–Trinajstić information content (AvgIpc) is 2.82. The van der Waals surface area contributed by atoms with Crippen LogP contribution in [-0.2, 0) is 14.9 Å². The fourth-order valence-electron chi connectivity index (χ4n) is 2.91. The predicted octanol–water partition coefficient (Wildman–Crippen LogP) is 2.23. The SMILES string of the molecule is Cc1ccc(C(CN)(CC2CCC(C)O2)C(=O)O)cc1. The van der Waals surface area contributed by atoms with Gasteiger partial charge in [-0.25, -0.2) is 0 Å². The van der Waals surface area contributed by atoms with Gasteiger partial charge in [0, 0.05) is 6.54 Å². The molecule has 0 saturated carbocycles. The molecule has 0 radical (unpaired) electrons. The molecule has 1 saturated heterocycles. The Morgan fingerprint density at radius 3 is 2.50 bits per heavy atom. The highest BCUT2D eigenvalue weighted by atomic mass is 16.5. The summed E-state index contributed by atoms with van der Waals surface area (Å²) in [6, 6.07) is 7.60. The van der Waals surface area contributed by atoms with E-state index in [4.69, 9.17) is 10.5 Å². The van der Waals surface area contributed by atoms with Gasteiger partial charge in [-0.1, -0.05) is 29.8 Å². The van der Waals surface area contributed by atoms with Crippen molar-refractivity contribution in [2.75, 3.05) is 6.54 Å². The van der Waals surface area contributed by atoms with Gasteiger partial charge in [0.25, 0.3) is 0 Å². The Balaban J connectivity index is 2.29. The van der Waals surface area contributed by atoms with Crippen LogP contribution in [0.4, 0.5) is 0 Å². The number of rotatable bonds is 5. The van der Waals surface area contributed by atoms with E-state index in [0.717, 1.165) is 24.0 Å². The zero-order valence-corrected chi connectivity index (χ0v) is 12.1. The standard InChI is InChI=1S/C16H23NO3/c1-11-3-6-13(7-4-11)16(10-17,15(18)19)9-14-8-5-12(2)20-14/h3-4,6-7,12,14H,5,8-10,17H2,1-2H3,(H,18,19). The van der Waals surface area contributed by atoms with Gasteiger partial charge in [0.2, 0.25) is 0 Å². The molecule has 1 aliphatic rings. The van der Waals surface area contributed by atoms with Crippen molar-refractivity contribution in [3.05, 3.63) is 35.4 Å². The summed E-state index contributed by atoms with van der Waals surface area (Å²) in [7, 11) is 0.